The second-order valence-corrected chi connectivity index (χ2v) is 8.55. The molecule has 1 saturated heterocycles. The SMILES string of the molecule is O=C(NC(CC(=O)N1CCN(Cc2cccnc2)CC1)c1ccccc1)c1ccccc1Cl. The van der Waals surface area contributed by atoms with Gasteiger partial charge in [-0.3, -0.25) is 19.5 Å². The average molecular weight is 463 g/mol. The van der Waals surface area contributed by atoms with Crippen molar-refractivity contribution in [3.63, 3.8) is 0 Å². The van der Waals surface area contributed by atoms with Gasteiger partial charge in [0, 0.05) is 45.1 Å². The van der Waals surface area contributed by atoms with E-state index in [4.69, 9.17) is 11.6 Å². The van der Waals surface area contributed by atoms with E-state index >= 15 is 0 Å². The molecule has 0 spiro atoms. The molecule has 0 bridgehead atoms. The maximum Gasteiger partial charge on any atom is 0.253 e. The largest absolute Gasteiger partial charge is 0.345 e. The number of hydrogen-bond acceptors (Lipinski definition) is 4. The van der Waals surface area contributed by atoms with Gasteiger partial charge in [-0.25, -0.2) is 0 Å². The standard InChI is InChI=1S/C26H27ClN4O2/c27-23-11-5-4-10-22(23)26(33)29-24(21-8-2-1-3-9-21)17-25(32)31-15-13-30(14-16-31)19-20-7-6-12-28-18-20/h1-12,18,24H,13-17,19H2,(H,29,33). The highest BCUT2D eigenvalue weighted by molar-refractivity contribution is 6.33. The van der Waals surface area contributed by atoms with E-state index in [9.17, 15) is 9.59 Å². The predicted octanol–water partition coefficient (Wildman–Crippen LogP) is 3.94. The number of rotatable bonds is 7. The summed E-state index contributed by atoms with van der Waals surface area (Å²) in [6.07, 6.45) is 3.85. The summed E-state index contributed by atoms with van der Waals surface area (Å²) < 4.78 is 0. The van der Waals surface area contributed by atoms with Crippen LogP contribution in [0.15, 0.2) is 79.1 Å². The molecule has 0 radical (unpaired) electrons. The van der Waals surface area contributed by atoms with Gasteiger partial charge in [0.25, 0.3) is 5.91 Å². The zero-order valence-corrected chi connectivity index (χ0v) is 19.1. The molecule has 1 unspecified atom stereocenters. The van der Waals surface area contributed by atoms with Gasteiger partial charge in [0.1, 0.15) is 0 Å². The van der Waals surface area contributed by atoms with Crippen molar-refractivity contribution in [2.45, 2.75) is 19.0 Å². The second-order valence-electron chi connectivity index (χ2n) is 8.14. The summed E-state index contributed by atoms with van der Waals surface area (Å²) in [5.74, 6) is -0.257. The maximum atomic E-state index is 13.2. The number of benzene rings is 2. The van der Waals surface area contributed by atoms with Crippen molar-refractivity contribution in [2.24, 2.45) is 0 Å². The van der Waals surface area contributed by atoms with E-state index < -0.39 is 6.04 Å². The highest BCUT2D eigenvalue weighted by Gasteiger charge is 2.26. The van der Waals surface area contributed by atoms with E-state index in [0.29, 0.717) is 23.7 Å². The van der Waals surface area contributed by atoms with Gasteiger partial charge in [-0.15, -0.1) is 0 Å². The Balaban J connectivity index is 1.38. The van der Waals surface area contributed by atoms with Crippen LogP contribution in [0.5, 0.6) is 0 Å². The van der Waals surface area contributed by atoms with Crippen LogP contribution in [0.4, 0.5) is 0 Å². The van der Waals surface area contributed by atoms with Crippen LogP contribution in [0, 0.1) is 0 Å². The molecule has 1 aliphatic rings. The molecular formula is C26H27ClN4O2. The van der Waals surface area contributed by atoms with E-state index in [-0.39, 0.29) is 18.2 Å². The molecule has 1 fully saturated rings. The lowest BCUT2D eigenvalue weighted by Crippen LogP contribution is -2.49. The molecule has 6 nitrogen and oxygen atoms in total. The number of nitrogens with one attached hydrogen (secondary N) is 1. The Kier molecular flexibility index (Phi) is 7.70. The minimum Gasteiger partial charge on any atom is -0.345 e. The molecule has 0 aliphatic carbocycles. The number of piperazine rings is 1. The van der Waals surface area contributed by atoms with Crippen LogP contribution in [0.25, 0.3) is 0 Å². The Morgan fingerprint density at radius 3 is 2.36 bits per heavy atom. The highest BCUT2D eigenvalue weighted by Crippen LogP contribution is 2.22. The number of carbonyl (C=O) groups excluding carboxylic acids is 2. The predicted molar refractivity (Wildman–Crippen MR) is 129 cm³/mol. The average Bonchev–Trinajstić information content (AvgIpc) is 2.85. The molecule has 170 valence electrons. The van der Waals surface area contributed by atoms with Crippen molar-refractivity contribution in [2.75, 3.05) is 26.2 Å². The highest BCUT2D eigenvalue weighted by atomic mass is 35.5. The van der Waals surface area contributed by atoms with Crippen molar-refractivity contribution >= 4 is 23.4 Å². The van der Waals surface area contributed by atoms with Crippen molar-refractivity contribution < 1.29 is 9.59 Å². The minimum atomic E-state index is -0.434. The van der Waals surface area contributed by atoms with E-state index in [1.807, 2.05) is 47.5 Å². The van der Waals surface area contributed by atoms with Gasteiger partial charge in [-0.2, -0.15) is 0 Å². The lowest BCUT2D eigenvalue weighted by molar-refractivity contribution is -0.133. The van der Waals surface area contributed by atoms with Crippen molar-refractivity contribution in [3.05, 3.63) is 101 Å². The van der Waals surface area contributed by atoms with E-state index in [1.165, 1.54) is 5.56 Å². The first kappa shape index (κ1) is 23.0. The second kappa shape index (κ2) is 11.1. The number of aromatic nitrogens is 1. The van der Waals surface area contributed by atoms with Gasteiger partial charge >= 0.3 is 0 Å². The van der Waals surface area contributed by atoms with Gasteiger partial charge in [0.15, 0.2) is 0 Å². The van der Waals surface area contributed by atoms with Crippen LogP contribution < -0.4 is 5.32 Å². The number of nitrogens with zero attached hydrogens (tertiary/aromatic N) is 3. The third kappa shape index (κ3) is 6.18. The van der Waals surface area contributed by atoms with Crippen molar-refractivity contribution in [1.82, 2.24) is 20.1 Å². The molecule has 1 aliphatic heterocycles. The zero-order chi connectivity index (χ0) is 23.0. The molecule has 1 atom stereocenters. The van der Waals surface area contributed by atoms with Crippen LogP contribution in [0.3, 0.4) is 0 Å². The van der Waals surface area contributed by atoms with Crippen molar-refractivity contribution in [1.29, 1.82) is 0 Å². The maximum absolute atomic E-state index is 13.2. The Bertz CT molecular complexity index is 1070. The Labute approximate surface area is 199 Å². The van der Waals surface area contributed by atoms with Crippen LogP contribution >= 0.6 is 11.6 Å². The molecule has 2 heterocycles. The van der Waals surface area contributed by atoms with Crippen LogP contribution in [0.1, 0.15) is 33.9 Å². The molecule has 2 amide bonds. The fourth-order valence-corrected chi connectivity index (χ4v) is 4.25. The number of hydrogen-bond donors (Lipinski definition) is 1. The first-order valence-electron chi connectivity index (χ1n) is 11.1. The third-order valence-corrected chi connectivity index (χ3v) is 6.19. The summed E-state index contributed by atoms with van der Waals surface area (Å²) in [7, 11) is 0. The number of carbonyl (C=O) groups is 2. The quantitative estimate of drug-likeness (QED) is 0.577. The van der Waals surface area contributed by atoms with Crippen molar-refractivity contribution in [3.8, 4) is 0 Å². The number of pyridine rings is 1. The molecule has 33 heavy (non-hydrogen) atoms. The summed E-state index contributed by atoms with van der Waals surface area (Å²) >= 11 is 6.20. The Hall–Kier alpha value is -3.22. The normalized spacial score (nSPS) is 15.1. The van der Waals surface area contributed by atoms with E-state index in [0.717, 1.165) is 25.2 Å². The fraction of sp³-hybridized carbons (Fsp3) is 0.269. The molecule has 4 rings (SSSR count). The van der Waals surface area contributed by atoms with Gasteiger partial charge < -0.3 is 10.2 Å². The molecule has 2 aromatic carbocycles. The van der Waals surface area contributed by atoms with Crippen LogP contribution in [-0.2, 0) is 11.3 Å². The summed E-state index contributed by atoms with van der Waals surface area (Å²) in [6, 6.07) is 20.1. The minimum absolute atomic E-state index is 0.0318. The van der Waals surface area contributed by atoms with E-state index in [2.05, 4.69) is 21.3 Å². The van der Waals surface area contributed by atoms with E-state index in [1.54, 1.807) is 30.5 Å². The Morgan fingerprint density at radius 1 is 0.939 bits per heavy atom. The van der Waals surface area contributed by atoms with Gasteiger partial charge in [-0.05, 0) is 29.3 Å². The summed E-state index contributed by atoms with van der Waals surface area (Å²) in [5.41, 5.74) is 2.46. The van der Waals surface area contributed by atoms with Crippen LogP contribution in [-0.4, -0.2) is 52.8 Å². The molecule has 1 aromatic heterocycles. The van der Waals surface area contributed by atoms with Gasteiger partial charge in [-0.1, -0.05) is 60.1 Å². The fourth-order valence-electron chi connectivity index (χ4n) is 4.03. The molecule has 3 aromatic rings. The first-order valence-corrected chi connectivity index (χ1v) is 11.5. The smallest absolute Gasteiger partial charge is 0.253 e. The zero-order valence-electron chi connectivity index (χ0n) is 18.4. The summed E-state index contributed by atoms with van der Waals surface area (Å²) in [5, 5.41) is 3.40. The monoisotopic (exact) mass is 462 g/mol. The molecule has 0 saturated carbocycles. The number of halogens is 1. The topological polar surface area (TPSA) is 65.5 Å². The number of amides is 2. The molecule has 7 heteroatoms. The summed E-state index contributed by atoms with van der Waals surface area (Å²) in [6.45, 7) is 3.78. The Morgan fingerprint density at radius 2 is 1.67 bits per heavy atom. The van der Waals surface area contributed by atoms with Gasteiger partial charge in [0.05, 0.1) is 23.0 Å². The lowest BCUT2D eigenvalue weighted by atomic mass is 10.0. The lowest BCUT2D eigenvalue weighted by Gasteiger charge is -2.35. The van der Waals surface area contributed by atoms with Crippen LogP contribution in [0.2, 0.25) is 5.02 Å². The molecular weight excluding hydrogens is 436 g/mol. The third-order valence-electron chi connectivity index (χ3n) is 5.86. The molecule has 1 N–H and O–H groups in total. The first-order chi connectivity index (χ1) is 16.1. The van der Waals surface area contributed by atoms with Gasteiger partial charge in [0.2, 0.25) is 5.91 Å². The summed E-state index contributed by atoms with van der Waals surface area (Å²) in [4.78, 5) is 34.4.